The van der Waals surface area contributed by atoms with Crippen LogP contribution >= 0.6 is 0 Å². The summed E-state index contributed by atoms with van der Waals surface area (Å²) in [6.07, 6.45) is 0.0701. The lowest BCUT2D eigenvalue weighted by Gasteiger charge is -2.36. The van der Waals surface area contributed by atoms with Gasteiger partial charge in [0.1, 0.15) is 5.75 Å². The number of carbonyl (C=O) groups excluding carboxylic acids is 2. The van der Waals surface area contributed by atoms with E-state index in [2.05, 4.69) is 0 Å². The number of nitrogens with zero attached hydrogens (tertiary/aromatic N) is 3. The summed E-state index contributed by atoms with van der Waals surface area (Å²) in [5, 5.41) is 0. The van der Waals surface area contributed by atoms with E-state index in [4.69, 9.17) is 4.74 Å². The van der Waals surface area contributed by atoms with E-state index >= 15 is 0 Å². The summed E-state index contributed by atoms with van der Waals surface area (Å²) in [7, 11) is -2.12. The van der Waals surface area contributed by atoms with Gasteiger partial charge in [0.25, 0.3) is 5.91 Å². The van der Waals surface area contributed by atoms with Gasteiger partial charge in [0, 0.05) is 26.2 Å². The van der Waals surface area contributed by atoms with E-state index in [-0.39, 0.29) is 31.3 Å². The van der Waals surface area contributed by atoms with Crippen molar-refractivity contribution in [1.29, 1.82) is 0 Å². The molecule has 2 saturated heterocycles. The molecule has 2 aliphatic rings. The van der Waals surface area contributed by atoms with Gasteiger partial charge < -0.3 is 4.74 Å². The molecular weight excluding hydrogens is 430 g/mol. The number of imide groups is 1. The Labute approximate surface area is 188 Å². The number of benzene rings is 2. The van der Waals surface area contributed by atoms with Crippen LogP contribution in [-0.2, 0) is 19.6 Å². The van der Waals surface area contributed by atoms with Gasteiger partial charge in [-0.15, -0.1) is 0 Å². The molecule has 2 heterocycles. The highest BCUT2D eigenvalue weighted by Gasteiger charge is 2.45. The molecule has 2 aromatic rings. The second-order valence-corrected chi connectivity index (χ2v) is 10.1. The molecule has 0 N–H and O–H groups in total. The molecule has 4 rings (SSSR count). The largest absolute Gasteiger partial charge is 0.495 e. The maximum absolute atomic E-state index is 13.1. The molecule has 8 nitrogen and oxygen atoms in total. The number of hydrogen-bond acceptors (Lipinski definition) is 6. The summed E-state index contributed by atoms with van der Waals surface area (Å²) in [5.74, 6) is -0.126. The minimum absolute atomic E-state index is 0.0701. The maximum atomic E-state index is 13.1. The van der Waals surface area contributed by atoms with Crippen LogP contribution in [0.4, 0.5) is 5.69 Å². The van der Waals surface area contributed by atoms with Crippen LogP contribution in [0.1, 0.15) is 17.5 Å². The number of rotatable bonds is 5. The van der Waals surface area contributed by atoms with Crippen molar-refractivity contribution in [1.82, 2.24) is 9.21 Å². The number of sulfonamides is 1. The Bertz CT molecular complexity index is 1160. The first-order valence-electron chi connectivity index (χ1n) is 10.6. The normalized spacial score (nSPS) is 20.7. The van der Waals surface area contributed by atoms with Gasteiger partial charge in [0.05, 0.1) is 30.2 Å². The molecule has 0 radical (unpaired) electrons. The van der Waals surface area contributed by atoms with E-state index in [1.807, 2.05) is 17.9 Å². The van der Waals surface area contributed by atoms with Crippen molar-refractivity contribution >= 4 is 27.5 Å². The van der Waals surface area contributed by atoms with Crippen LogP contribution in [0.3, 0.4) is 0 Å². The standard InChI is InChI=1S/C23H27N3O5S/c1-16-8-9-21(17(2)14-16)32(29,30)25-12-10-24(11-13-25)19-15-22(27)26(23(19)28)18-6-4-5-7-20(18)31-3/h4-9,14,19H,10-13,15H2,1-3H3/t19-/m0/s1. The number of aryl methyl sites for hydroxylation is 2. The van der Waals surface area contributed by atoms with Gasteiger partial charge in [0.15, 0.2) is 0 Å². The van der Waals surface area contributed by atoms with Crippen LogP contribution in [-0.4, -0.2) is 68.8 Å². The molecule has 2 amide bonds. The molecule has 0 aliphatic carbocycles. The van der Waals surface area contributed by atoms with E-state index < -0.39 is 16.1 Å². The molecule has 0 unspecified atom stereocenters. The molecule has 170 valence electrons. The number of para-hydroxylation sites is 2. The molecule has 0 saturated carbocycles. The molecule has 2 aromatic carbocycles. The van der Waals surface area contributed by atoms with Gasteiger partial charge >= 0.3 is 0 Å². The monoisotopic (exact) mass is 457 g/mol. The average Bonchev–Trinajstić information content (AvgIpc) is 3.07. The van der Waals surface area contributed by atoms with Crippen molar-refractivity contribution in [2.24, 2.45) is 0 Å². The first-order valence-corrected chi connectivity index (χ1v) is 12.0. The fourth-order valence-electron chi connectivity index (χ4n) is 4.45. The van der Waals surface area contributed by atoms with Crippen LogP contribution in [0, 0.1) is 13.8 Å². The number of anilines is 1. The summed E-state index contributed by atoms with van der Waals surface area (Å²) in [6.45, 7) is 5.02. The molecule has 9 heteroatoms. The average molecular weight is 458 g/mol. The van der Waals surface area contributed by atoms with Crippen molar-refractivity contribution in [2.75, 3.05) is 38.2 Å². The van der Waals surface area contributed by atoms with Gasteiger partial charge in [-0.3, -0.25) is 14.5 Å². The van der Waals surface area contributed by atoms with Gasteiger partial charge in [-0.1, -0.05) is 29.8 Å². The van der Waals surface area contributed by atoms with Crippen molar-refractivity contribution in [2.45, 2.75) is 31.2 Å². The first-order chi connectivity index (χ1) is 15.2. The predicted molar refractivity (Wildman–Crippen MR) is 120 cm³/mol. The Morgan fingerprint density at radius 3 is 2.31 bits per heavy atom. The van der Waals surface area contributed by atoms with Crippen molar-refractivity contribution < 1.29 is 22.7 Å². The van der Waals surface area contributed by atoms with E-state index in [9.17, 15) is 18.0 Å². The zero-order valence-electron chi connectivity index (χ0n) is 18.4. The maximum Gasteiger partial charge on any atom is 0.251 e. The van der Waals surface area contributed by atoms with Crippen LogP contribution in [0.15, 0.2) is 47.4 Å². The minimum Gasteiger partial charge on any atom is -0.495 e. The summed E-state index contributed by atoms with van der Waals surface area (Å²) in [6, 6.07) is 11.6. The lowest BCUT2D eigenvalue weighted by molar-refractivity contribution is -0.123. The van der Waals surface area contributed by atoms with Gasteiger partial charge in [0.2, 0.25) is 15.9 Å². The number of amides is 2. The summed E-state index contributed by atoms with van der Waals surface area (Å²) < 4.78 is 33.0. The molecule has 0 aromatic heterocycles. The molecule has 1 atom stereocenters. The quantitative estimate of drug-likeness (QED) is 0.638. The van der Waals surface area contributed by atoms with Crippen LogP contribution in [0.25, 0.3) is 0 Å². The Hall–Kier alpha value is -2.75. The van der Waals surface area contributed by atoms with Crippen LogP contribution in [0.2, 0.25) is 0 Å². The highest BCUT2D eigenvalue weighted by Crippen LogP contribution is 2.33. The lowest BCUT2D eigenvalue weighted by atomic mass is 10.2. The SMILES string of the molecule is COc1ccccc1N1C(=O)C[C@H](N2CCN(S(=O)(=O)c3ccc(C)cc3C)CC2)C1=O. The summed E-state index contributed by atoms with van der Waals surface area (Å²) in [4.78, 5) is 29.2. The fourth-order valence-corrected chi connectivity index (χ4v) is 6.08. The van der Waals surface area contributed by atoms with E-state index in [0.29, 0.717) is 29.4 Å². The Balaban J connectivity index is 1.48. The highest BCUT2D eigenvalue weighted by atomic mass is 32.2. The zero-order chi connectivity index (χ0) is 23.0. The summed E-state index contributed by atoms with van der Waals surface area (Å²) >= 11 is 0. The molecular formula is C23H27N3O5S. The number of carbonyl (C=O) groups is 2. The molecule has 0 bridgehead atoms. The predicted octanol–water partition coefficient (Wildman–Crippen LogP) is 1.95. The number of ether oxygens (including phenoxy) is 1. The van der Waals surface area contributed by atoms with E-state index in [0.717, 1.165) is 11.1 Å². The third kappa shape index (κ3) is 3.92. The third-order valence-electron chi connectivity index (χ3n) is 6.11. The smallest absolute Gasteiger partial charge is 0.251 e. The van der Waals surface area contributed by atoms with Crippen LogP contribution in [0.5, 0.6) is 5.75 Å². The van der Waals surface area contributed by atoms with Crippen molar-refractivity contribution in [3.63, 3.8) is 0 Å². The van der Waals surface area contributed by atoms with Gasteiger partial charge in [-0.2, -0.15) is 4.31 Å². The van der Waals surface area contributed by atoms with Crippen molar-refractivity contribution in [3.8, 4) is 5.75 Å². The number of hydrogen-bond donors (Lipinski definition) is 0. The van der Waals surface area contributed by atoms with Gasteiger partial charge in [-0.25, -0.2) is 13.3 Å². The highest BCUT2D eigenvalue weighted by molar-refractivity contribution is 7.89. The van der Waals surface area contributed by atoms with Crippen LogP contribution < -0.4 is 9.64 Å². The zero-order valence-corrected chi connectivity index (χ0v) is 19.3. The minimum atomic E-state index is -3.62. The Morgan fingerprint density at radius 2 is 1.66 bits per heavy atom. The molecule has 32 heavy (non-hydrogen) atoms. The first kappa shape index (κ1) is 22.4. The Kier molecular flexibility index (Phi) is 6.07. The molecule has 2 fully saturated rings. The van der Waals surface area contributed by atoms with Gasteiger partial charge in [-0.05, 0) is 37.6 Å². The second-order valence-electron chi connectivity index (χ2n) is 8.17. The topological polar surface area (TPSA) is 87.2 Å². The number of piperazine rings is 1. The summed E-state index contributed by atoms with van der Waals surface area (Å²) in [5.41, 5.74) is 2.16. The third-order valence-corrected chi connectivity index (χ3v) is 8.17. The second kappa shape index (κ2) is 8.65. The van der Waals surface area contributed by atoms with E-state index in [1.165, 1.54) is 16.3 Å². The Morgan fingerprint density at radius 1 is 0.969 bits per heavy atom. The fraction of sp³-hybridized carbons (Fsp3) is 0.391. The van der Waals surface area contributed by atoms with E-state index in [1.54, 1.807) is 43.3 Å². The lowest BCUT2D eigenvalue weighted by Crippen LogP contribution is -2.53. The molecule has 0 spiro atoms. The molecule has 2 aliphatic heterocycles. The van der Waals surface area contributed by atoms with Crippen molar-refractivity contribution in [3.05, 3.63) is 53.6 Å². The number of methoxy groups -OCH3 is 1.